The van der Waals surface area contributed by atoms with Gasteiger partial charge in [0.25, 0.3) is 0 Å². The molecule has 0 spiro atoms. The fraction of sp³-hybridized carbons (Fsp3) is 0.364. The highest BCUT2D eigenvalue weighted by Crippen LogP contribution is 2.25. The van der Waals surface area contributed by atoms with Crippen LogP contribution in [-0.2, 0) is 13.5 Å². The van der Waals surface area contributed by atoms with Crippen molar-refractivity contribution in [1.82, 2.24) is 9.78 Å². The number of benzene rings is 1. The van der Waals surface area contributed by atoms with Crippen LogP contribution in [0.3, 0.4) is 0 Å². The number of aliphatic hydroxyl groups is 1. The maximum absolute atomic E-state index is 12.3. The summed E-state index contributed by atoms with van der Waals surface area (Å²) >= 11 is 0. The number of hydrogen-bond donors (Lipinski definition) is 1. The van der Waals surface area contributed by atoms with Gasteiger partial charge in [-0.05, 0) is 6.07 Å². The van der Waals surface area contributed by atoms with Gasteiger partial charge in [0.2, 0.25) is 0 Å². The minimum Gasteiger partial charge on any atom is -0.383 e. The molecule has 2 rings (SSSR count). The Hall–Kier alpha value is -1.56. The highest BCUT2D eigenvalue weighted by atomic mass is 19.4. The number of nitrogens with zero attached hydrogens (tertiary/aromatic N) is 2. The number of aromatic nitrogens is 2. The molecule has 1 atom stereocenters. The fourth-order valence-corrected chi connectivity index (χ4v) is 1.74. The van der Waals surface area contributed by atoms with Crippen molar-refractivity contribution in [2.45, 2.75) is 18.7 Å². The largest absolute Gasteiger partial charge is 0.414 e. The van der Waals surface area contributed by atoms with Crippen LogP contribution in [0.5, 0.6) is 0 Å². The third-order valence-corrected chi connectivity index (χ3v) is 2.60. The number of para-hydroxylation sites is 1. The van der Waals surface area contributed by atoms with Gasteiger partial charge in [-0.15, -0.1) is 0 Å². The smallest absolute Gasteiger partial charge is 0.383 e. The summed E-state index contributed by atoms with van der Waals surface area (Å²) in [5.74, 6) is 0. The molecule has 2 aromatic rings. The first-order chi connectivity index (χ1) is 7.89. The van der Waals surface area contributed by atoms with E-state index < -0.39 is 18.7 Å². The molecule has 1 N–H and O–H groups in total. The average molecular weight is 244 g/mol. The molecular formula is C11H11F3N2O. The molecule has 17 heavy (non-hydrogen) atoms. The summed E-state index contributed by atoms with van der Waals surface area (Å²) in [6.45, 7) is 0. The van der Waals surface area contributed by atoms with E-state index in [2.05, 4.69) is 5.10 Å². The third-order valence-electron chi connectivity index (χ3n) is 2.60. The number of fused-ring (bicyclic) bond motifs is 1. The number of alkyl halides is 3. The van der Waals surface area contributed by atoms with Crippen molar-refractivity contribution in [3.8, 4) is 0 Å². The zero-order valence-electron chi connectivity index (χ0n) is 9.07. The van der Waals surface area contributed by atoms with Crippen LogP contribution in [0.4, 0.5) is 13.2 Å². The predicted octanol–water partition coefficient (Wildman–Crippen LogP) is 2.04. The van der Waals surface area contributed by atoms with E-state index in [0.29, 0.717) is 5.39 Å². The zero-order valence-corrected chi connectivity index (χ0v) is 9.07. The van der Waals surface area contributed by atoms with E-state index in [-0.39, 0.29) is 5.69 Å². The normalized spacial score (nSPS) is 14.2. The van der Waals surface area contributed by atoms with E-state index in [1.807, 2.05) is 0 Å². The van der Waals surface area contributed by atoms with E-state index in [1.165, 1.54) is 4.68 Å². The van der Waals surface area contributed by atoms with Crippen molar-refractivity contribution in [3.63, 3.8) is 0 Å². The lowest BCUT2D eigenvalue weighted by Gasteiger charge is -2.12. The summed E-state index contributed by atoms with van der Waals surface area (Å²) in [5.41, 5.74) is 1.00. The zero-order chi connectivity index (χ0) is 12.6. The van der Waals surface area contributed by atoms with Crippen molar-refractivity contribution in [2.75, 3.05) is 0 Å². The SMILES string of the molecule is Cn1nc(C[C@H](O)C(F)(F)F)c2ccccc21. The van der Waals surface area contributed by atoms with Gasteiger partial charge in [0.15, 0.2) is 6.10 Å². The predicted molar refractivity (Wildman–Crippen MR) is 56.5 cm³/mol. The minimum atomic E-state index is -4.61. The molecule has 1 aromatic carbocycles. The van der Waals surface area contributed by atoms with Gasteiger partial charge in [-0.3, -0.25) is 4.68 Å². The molecule has 6 heteroatoms. The lowest BCUT2D eigenvalue weighted by atomic mass is 10.1. The Morgan fingerprint density at radius 1 is 1.35 bits per heavy atom. The lowest BCUT2D eigenvalue weighted by Crippen LogP contribution is -2.30. The fourth-order valence-electron chi connectivity index (χ4n) is 1.74. The summed E-state index contributed by atoms with van der Waals surface area (Å²) in [5, 5.41) is 13.7. The van der Waals surface area contributed by atoms with E-state index >= 15 is 0 Å². The molecule has 1 heterocycles. The monoisotopic (exact) mass is 244 g/mol. The van der Waals surface area contributed by atoms with Crippen molar-refractivity contribution >= 4 is 10.9 Å². The number of aliphatic hydroxyl groups excluding tert-OH is 1. The van der Waals surface area contributed by atoms with E-state index in [9.17, 15) is 13.2 Å². The molecule has 0 amide bonds. The molecule has 0 bridgehead atoms. The first kappa shape index (κ1) is 11.9. The van der Waals surface area contributed by atoms with Crippen LogP contribution in [0.1, 0.15) is 5.69 Å². The van der Waals surface area contributed by atoms with Crippen molar-refractivity contribution in [2.24, 2.45) is 7.05 Å². The molecule has 0 aliphatic heterocycles. The quantitative estimate of drug-likeness (QED) is 0.877. The first-order valence-electron chi connectivity index (χ1n) is 5.05. The number of aryl methyl sites for hydroxylation is 1. The van der Waals surface area contributed by atoms with Gasteiger partial charge in [-0.25, -0.2) is 0 Å². The molecule has 0 radical (unpaired) electrons. The van der Waals surface area contributed by atoms with Gasteiger partial charge in [0.1, 0.15) is 0 Å². The minimum absolute atomic E-state index is 0.257. The van der Waals surface area contributed by atoms with Crippen LogP contribution in [0.15, 0.2) is 24.3 Å². The van der Waals surface area contributed by atoms with E-state index in [0.717, 1.165) is 5.52 Å². The maximum Gasteiger partial charge on any atom is 0.414 e. The molecular weight excluding hydrogens is 233 g/mol. The summed E-state index contributed by atoms with van der Waals surface area (Å²) < 4.78 is 38.3. The second-order valence-electron chi connectivity index (χ2n) is 3.85. The van der Waals surface area contributed by atoms with Crippen LogP contribution < -0.4 is 0 Å². The van der Waals surface area contributed by atoms with Gasteiger partial charge < -0.3 is 5.11 Å². The molecule has 1 aromatic heterocycles. The summed E-state index contributed by atoms with van der Waals surface area (Å²) in [6.07, 6.45) is -7.51. The highest BCUT2D eigenvalue weighted by molar-refractivity contribution is 5.81. The molecule has 0 unspecified atom stereocenters. The number of halogens is 3. The second-order valence-corrected chi connectivity index (χ2v) is 3.85. The molecule has 0 fully saturated rings. The molecule has 0 saturated carbocycles. The third kappa shape index (κ3) is 2.26. The Labute approximate surface area is 95.5 Å². The van der Waals surface area contributed by atoms with Crippen molar-refractivity contribution < 1.29 is 18.3 Å². The van der Waals surface area contributed by atoms with Gasteiger partial charge in [-0.1, -0.05) is 18.2 Å². The van der Waals surface area contributed by atoms with Crippen LogP contribution in [-0.4, -0.2) is 27.2 Å². The summed E-state index contributed by atoms with van der Waals surface area (Å²) in [6, 6.07) is 6.98. The Morgan fingerprint density at radius 2 is 2.00 bits per heavy atom. The van der Waals surface area contributed by atoms with Crippen LogP contribution in [0, 0.1) is 0 Å². The molecule has 0 saturated heterocycles. The summed E-state index contributed by atoms with van der Waals surface area (Å²) in [7, 11) is 1.66. The Bertz CT molecular complexity index is 533. The Balaban J connectivity index is 2.37. The van der Waals surface area contributed by atoms with Crippen LogP contribution in [0.2, 0.25) is 0 Å². The van der Waals surface area contributed by atoms with Gasteiger partial charge in [0, 0.05) is 18.9 Å². The topological polar surface area (TPSA) is 38.0 Å². The molecule has 0 aliphatic carbocycles. The lowest BCUT2D eigenvalue weighted by molar-refractivity contribution is -0.203. The Morgan fingerprint density at radius 3 is 2.65 bits per heavy atom. The summed E-state index contributed by atoms with van der Waals surface area (Å²) in [4.78, 5) is 0. The Kier molecular flexibility index (Phi) is 2.82. The van der Waals surface area contributed by atoms with E-state index in [4.69, 9.17) is 5.11 Å². The molecule has 92 valence electrons. The van der Waals surface area contributed by atoms with Crippen molar-refractivity contribution in [3.05, 3.63) is 30.0 Å². The molecule has 0 aliphatic rings. The van der Waals surface area contributed by atoms with Gasteiger partial charge in [0.05, 0.1) is 11.2 Å². The van der Waals surface area contributed by atoms with Gasteiger partial charge >= 0.3 is 6.18 Å². The van der Waals surface area contributed by atoms with Crippen LogP contribution in [0.25, 0.3) is 10.9 Å². The molecule has 3 nitrogen and oxygen atoms in total. The second kappa shape index (κ2) is 4.03. The standard InChI is InChI=1S/C11H11F3N2O/c1-16-9-5-3-2-4-7(9)8(15-16)6-10(17)11(12,13)14/h2-5,10,17H,6H2,1H3/t10-/m0/s1. The maximum atomic E-state index is 12.3. The average Bonchev–Trinajstić information content (AvgIpc) is 2.56. The van der Waals surface area contributed by atoms with Crippen molar-refractivity contribution in [1.29, 1.82) is 0 Å². The number of rotatable bonds is 2. The number of hydrogen-bond acceptors (Lipinski definition) is 2. The highest BCUT2D eigenvalue weighted by Gasteiger charge is 2.38. The van der Waals surface area contributed by atoms with E-state index in [1.54, 1.807) is 31.3 Å². The first-order valence-corrected chi connectivity index (χ1v) is 5.05. The van der Waals surface area contributed by atoms with Crippen LogP contribution >= 0.6 is 0 Å². The van der Waals surface area contributed by atoms with Gasteiger partial charge in [-0.2, -0.15) is 18.3 Å².